The molecule has 0 saturated heterocycles. The third-order valence-corrected chi connectivity index (χ3v) is 3.79. The number of hydrogen-bond acceptors (Lipinski definition) is 4. The number of aromatic nitrogens is 3. The van der Waals surface area contributed by atoms with Gasteiger partial charge < -0.3 is 14.6 Å². The lowest BCUT2D eigenvalue weighted by Crippen LogP contribution is -2.36. The lowest BCUT2D eigenvalue weighted by Gasteiger charge is -2.20. The van der Waals surface area contributed by atoms with Crippen LogP contribution in [0.2, 0.25) is 0 Å². The Bertz CT molecular complexity index is 425. The summed E-state index contributed by atoms with van der Waals surface area (Å²) in [4.78, 5) is 12.0. The molecule has 6 nitrogen and oxygen atoms in total. The number of nitrogens with one attached hydrogen (secondary N) is 1. The Morgan fingerprint density at radius 3 is 2.75 bits per heavy atom. The molecule has 1 heterocycles. The van der Waals surface area contributed by atoms with Gasteiger partial charge in [0.2, 0.25) is 5.91 Å². The van der Waals surface area contributed by atoms with Gasteiger partial charge in [-0.25, -0.2) is 0 Å². The first-order chi connectivity index (χ1) is 9.66. The van der Waals surface area contributed by atoms with Gasteiger partial charge in [-0.1, -0.05) is 25.7 Å². The highest BCUT2D eigenvalue weighted by molar-refractivity contribution is 5.80. The molecule has 1 aromatic rings. The van der Waals surface area contributed by atoms with E-state index < -0.39 is 6.10 Å². The van der Waals surface area contributed by atoms with Gasteiger partial charge in [-0.3, -0.25) is 4.79 Å². The Kier molecular flexibility index (Phi) is 5.52. The van der Waals surface area contributed by atoms with Gasteiger partial charge in [0.1, 0.15) is 12.4 Å². The predicted molar refractivity (Wildman–Crippen MR) is 74.9 cm³/mol. The highest BCUT2D eigenvalue weighted by Gasteiger charge is 2.20. The van der Waals surface area contributed by atoms with Crippen molar-refractivity contribution >= 4 is 5.91 Å². The molecule has 1 saturated carbocycles. The second-order valence-electron chi connectivity index (χ2n) is 5.47. The van der Waals surface area contributed by atoms with Crippen LogP contribution >= 0.6 is 0 Å². The van der Waals surface area contributed by atoms with Crippen LogP contribution in [0.15, 0.2) is 6.33 Å². The smallest absolute Gasteiger partial charge is 0.249 e. The normalized spacial score (nSPS) is 18.5. The molecule has 1 amide bonds. The fourth-order valence-corrected chi connectivity index (χ4v) is 2.51. The number of hydrogen-bond donors (Lipinski definition) is 1. The average Bonchev–Trinajstić information content (AvgIpc) is 2.68. The Morgan fingerprint density at radius 1 is 1.45 bits per heavy atom. The van der Waals surface area contributed by atoms with E-state index in [0.717, 1.165) is 18.7 Å². The molecular formula is C14H24N4O2. The third kappa shape index (κ3) is 4.30. The summed E-state index contributed by atoms with van der Waals surface area (Å²) in [6.07, 6.45) is 8.56. The molecule has 1 aliphatic rings. The molecular weight excluding hydrogens is 256 g/mol. The van der Waals surface area contributed by atoms with Crippen molar-refractivity contribution < 1.29 is 9.53 Å². The number of aryl methyl sites for hydroxylation is 1. The summed E-state index contributed by atoms with van der Waals surface area (Å²) in [5.74, 6) is 0.650. The maximum absolute atomic E-state index is 12.0. The van der Waals surface area contributed by atoms with Gasteiger partial charge in [-0.15, -0.1) is 10.2 Å². The molecule has 112 valence electrons. The van der Waals surface area contributed by atoms with Crippen molar-refractivity contribution in [1.29, 1.82) is 0 Å². The van der Waals surface area contributed by atoms with E-state index >= 15 is 0 Å². The van der Waals surface area contributed by atoms with Gasteiger partial charge in [-0.05, 0) is 19.8 Å². The predicted octanol–water partition coefficient (Wildman–Crippen LogP) is 1.56. The zero-order chi connectivity index (χ0) is 14.4. The minimum Gasteiger partial charge on any atom is -0.365 e. The van der Waals surface area contributed by atoms with Crippen LogP contribution < -0.4 is 5.32 Å². The molecule has 1 N–H and O–H groups in total. The third-order valence-electron chi connectivity index (χ3n) is 3.79. The van der Waals surface area contributed by atoms with E-state index in [4.69, 9.17) is 4.74 Å². The van der Waals surface area contributed by atoms with Crippen LogP contribution in [0.4, 0.5) is 0 Å². The second-order valence-corrected chi connectivity index (χ2v) is 5.47. The number of amides is 1. The van der Waals surface area contributed by atoms with E-state index in [0.29, 0.717) is 6.54 Å². The summed E-state index contributed by atoms with van der Waals surface area (Å²) in [5.41, 5.74) is 0. The largest absolute Gasteiger partial charge is 0.365 e. The maximum Gasteiger partial charge on any atom is 0.249 e. The molecule has 1 fully saturated rings. The summed E-state index contributed by atoms with van der Waals surface area (Å²) in [6, 6.07) is 0. The Balaban J connectivity index is 1.75. The highest BCUT2D eigenvalue weighted by atomic mass is 16.5. The summed E-state index contributed by atoms with van der Waals surface area (Å²) >= 11 is 0. The molecule has 0 unspecified atom stereocenters. The molecule has 1 atom stereocenters. The zero-order valence-electron chi connectivity index (χ0n) is 12.3. The maximum atomic E-state index is 12.0. The monoisotopic (exact) mass is 280 g/mol. The number of nitrogens with zero attached hydrogens (tertiary/aromatic N) is 3. The molecule has 0 spiro atoms. The standard InChI is InChI=1S/C14H24N4O2/c1-11(20-12-7-5-3-4-6-8-12)14(19)15-9-13-17-16-10-18(13)2/h10-12H,3-9H2,1-2H3,(H,15,19)/t11-/m0/s1. The van der Waals surface area contributed by atoms with Crippen molar-refractivity contribution in [2.75, 3.05) is 0 Å². The SMILES string of the molecule is C[C@H](OC1CCCCCC1)C(=O)NCc1nncn1C. The van der Waals surface area contributed by atoms with Crippen LogP contribution in [0.3, 0.4) is 0 Å². The van der Waals surface area contributed by atoms with Crippen molar-refractivity contribution in [2.45, 2.75) is 64.2 Å². The van der Waals surface area contributed by atoms with Gasteiger partial charge in [0.15, 0.2) is 5.82 Å². The Hall–Kier alpha value is -1.43. The van der Waals surface area contributed by atoms with E-state index in [1.807, 2.05) is 14.0 Å². The van der Waals surface area contributed by atoms with Crippen LogP contribution in [0.25, 0.3) is 0 Å². The van der Waals surface area contributed by atoms with Crippen molar-refractivity contribution in [3.05, 3.63) is 12.2 Å². The topological polar surface area (TPSA) is 69.0 Å². The molecule has 1 aliphatic carbocycles. The lowest BCUT2D eigenvalue weighted by atomic mass is 10.1. The van der Waals surface area contributed by atoms with E-state index in [1.165, 1.54) is 25.7 Å². The fraction of sp³-hybridized carbons (Fsp3) is 0.786. The second kappa shape index (κ2) is 7.38. The van der Waals surface area contributed by atoms with E-state index in [9.17, 15) is 4.79 Å². The van der Waals surface area contributed by atoms with Crippen molar-refractivity contribution in [1.82, 2.24) is 20.1 Å². The van der Waals surface area contributed by atoms with Gasteiger partial charge in [0, 0.05) is 7.05 Å². The molecule has 0 bridgehead atoms. The first-order valence-corrected chi connectivity index (χ1v) is 7.43. The van der Waals surface area contributed by atoms with Crippen LogP contribution in [0.5, 0.6) is 0 Å². The van der Waals surface area contributed by atoms with Gasteiger partial charge in [-0.2, -0.15) is 0 Å². The van der Waals surface area contributed by atoms with Crippen molar-refractivity contribution in [3.8, 4) is 0 Å². The Labute approximate surface area is 119 Å². The van der Waals surface area contributed by atoms with Gasteiger partial charge in [0.25, 0.3) is 0 Å². The van der Waals surface area contributed by atoms with E-state index in [-0.39, 0.29) is 12.0 Å². The highest BCUT2D eigenvalue weighted by Crippen LogP contribution is 2.20. The molecule has 0 aromatic carbocycles. The average molecular weight is 280 g/mol. The summed E-state index contributed by atoms with van der Waals surface area (Å²) < 4.78 is 7.67. The minimum absolute atomic E-state index is 0.0859. The fourth-order valence-electron chi connectivity index (χ4n) is 2.51. The van der Waals surface area contributed by atoms with Gasteiger partial charge >= 0.3 is 0 Å². The van der Waals surface area contributed by atoms with Gasteiger partial charge in [0.05, 0.1) is 12.6 Å². The number of carbonyl (C=O) groups is 1. The quantitative estimate of drug-likeness (QED) is 0.831. The molecule has 1 aromatic heterocycles. The number of carbonyl (C=O) groups excluding carboxylic acids is 1. The molecule has 2 rings (SSSR count). The summed E-state index contributed by atoms with van der Waals surface area (Å²) in [7, 11) is 1.85. The van der Waals surface area contributed by atoms with Crippen molar-refractivity contribution in [3.63, 3.8) is 0 Å². The molecule has 0 aliphatic heterocycles. The minimum atomic E-state index is -0.411. The Morgan fingerprint density at radius 2 is 2.15 bits per heavy atom. The van der Waals surface area contributed by atoms with Crippen LogP contribution in [0, 0.1) is 0 Å². The van der Waals surface area contributed by atoms with Crippen LogP contribution in [-0.2, 0) is 23.1 Å². The van der Waals surface area contributed by atoms with Crippen LogP contribution in [0.1, 0.15) is 51.3 Å². The summed E-state index contributed by atoms with van der Waals surface area (Å²) in [5, 5.41) is 10.6. The zero-order valence-corrected chi connectivity index (χ0v) is 12.3. The van der Waals surface area contributed by atoms with Crippen molar-refractivity contribution in [2.24, 2.45) is 7.05 Å². The first kappa shape index (κ1) is 15.0. The molecule has 6 heteroatoms. The first-order valence-electron chi connectivity index (χ1n) is 7.43. The number of ether oxygens (including phenoxy) is 1. The van der Waals surface area contributed by atoms with Crippen LogP contribution in [-0.4, -0.2) is 32.9 Å². The summed E-state index contributed by atoms with van der Waals surface area (Å²) in [6.45, 7) is 2.20. The van der Waals surface area contributed by atoms with E-state index in [2.05, 4.69) is 15.5 Å². The van der Waals surface area contributed by atoms with E-state index in [1.54, 1.807) is 10.9 Å². The molecule has 0 radical (unpaired) electrons. The lowest BCUT2D eigenvalue weighted by molar-refractivity contribution is -0.136. The number of rotatable bonds is 5. The molecule has 20 heavy (non-hydrogen) atoms.